The van der Waals surface area contributed by atoms with Crippen LogP contribution in [0.15, 0.2) is 72.8 Å². The molecular weight excluding hydrogens is 290 g/mol. The normalized spacial score (nSPS) is 12.8. The number of para-hydroxylation sites is 2. The molecular formula is C23H23N. The van der Waals surface area contributed by atoms with Crippen LogP contribution in [-0.4, -0.2) is 4.57 Å². The van der Waals surface area contributed by atoms with E-state index in [1.165, 1.54) is 39.4 Å². The van der Waals surface area contributed by atoms with E-state index in [1.807, 2.05) is 0 Å². The molecule has 0 saturated heterocycles. The predicted octanol–water partition coefficient (Wildman–Crippen LogP) is 6.36. The molecule has 0 radical (unpaired) electrons. The number of nitrogens with zero attached hydrogens (tertiary/aromatic N) is 1. The molecule has 4 rings (SSSR count). The summed E-state index contributed by atoms with van der Waals surface area (Å²) in [5.41, 5.74) is 5.41. The Bertz CT molecular complexity index is 923. The number of fused-ring (bicyclic) bond motifs is 3. The van der Waals surface area contributed by atoms with E-state index in [0.717, 1.165) is 6.54 Å². The van der Waals surface area contributed by atoms with Crippen molar-refractivity contribution in [2.75, 3.05) is 0 Å². The van der Waals surface area contributed by atoms with Gasteiger partial charge in [-0.3, -0.25) is 0 Å². The Kier molecular flexibility index (Phi) is 3.86. The second-order valence-electron chi connectivity index (χ2n) is 6.67. The lowest BCUT2D eigenvalue weighted by atomic mass is 9.98. The fraction of sp³-hybridized carbons (Fsp3) is 0.217. The van der Waals surface area contributed by atoms with Gasteiger partial charge in [0, 0.05) is 28.4 Å². The van der Waals surface area contributed by atoms with Crippen LogP contribution in [0.3, 0.4) is 0 Å². The molecule has 0 bridgehead atoms. The van der Waals surface area contributed by atoms with Gasteiger partial charge in [-0.05, 0) is 35.6 Å². The minimum atomic E-state index is 0.632. The molecule has 1 nitrogen and oxygen atoms in total. The Morgan fingerprint density at radius 2 is 1.29 bits per heavy atom. The van der Waals surface area contributed by atoms with Crippen molar-refractivity contribution >= 4 is 21.8 Å². The van der Waals surface area contributed by atoms with Gasteiger partial charge in [0.25, 0.3) is 0 Å². The average Bonchev–Trinajstić information content (AvgIpc) is 2.96. The van der Waals surface area contributed by atoms with Crippen LogP contribution in [0.1, 0.15) is 37.3 Å². The van der Waals surface area contributed by atoms with Crippen LogP contribution < -0.4 is 0 Å². The highest BCUT2D eigenvalue weighted by molar-refractivity contribution is 6.08. The van der Waals surface area contributed by atoms with Crippen molar-refractivity contribution in [3.63, 3.8) is 0 Å². The van der Waals surface area contributed by atoms with Crippen molar-refractivity contribution in [2.24, 2.45) is 0 Å². The molecule has 0 spiro atoms. The van der Waals surface area contributed by atoms with Crippen molar-refractivity contribution in [3.8, 4) is 0 Å². The van der Waals surface area contributed by atoms with E-state index in [-0.39, 0.29) is 0 Å². The first-order chi connectivity index (χ1) is 11.8. The van der Waals surface area contributed by atoms with E-state index >= 15 is 0 Å². The number of hydrogen-bond acceptors (Lipinski definition) is 0. The first-order valence-electron chi connectivity index (χ1n) is 8.82. The molecule has 0 saturated carbocycles. The van der Waals surface area contributed by atoms with Gasteiger partial charge in [-0.15, -0.1) is 0 Å². The largest absolute Gasteiger partial charge is 0.336 e. The molecule has 24 heavy (non-hydrogen) atoms. The second-order valence-corrected chi connectivity index (χ2v) is 6.67. The summed E-state index contributed by atoms with van der Waals surface area (Å²) in [6, 6.07) is 26.5. The highest BCUT2D eigenvalue weighted by Gasteiger charge is 2.10. The molecule has 4 aromatic rings. The maximum absolute atomic E-state index is 2.43. The lowest BCUT2D eigenvalue weighted by Crippen LogP contribution is -2.00. The molecule has 0 aliphatic carbocycles. The van der Waals surface area contributed by atoms with E-state index in [2.05, 4.69) is 91.2 Å². The molecule has 3 aromatic carbocycles. The van der Waals surface area contributed by atoms with Crippen LogP contribution in [0, 0.1) is 0 Å². The summed E-state index contributed by atoms with van der Waals surface area (Å²) in [5.74, 6) is 0.632. The van der Waals surface area contributed by atoms with Gasteiger partial charge >= 0.3 is 0 Å². The zero-order valence-corrected chi connectivity index (χ0v) is 14.4. The van der Waals surface area contributed by atoms with Crippen molar-refractivity contribution in [1.82, 2.24) is 4.57 Å². The minimum Gasteiger partial charge on any atom is -0.336 e. The van der Waals surface area contributed by atoms with Gasteiger partial charge in [-0.25, -0.2) is 0 Å². The molecule has 1 heterocycles. The van der Waals surface area contributed by atoms with Crippen LogP contribution in [0.25, 0.3) is 21.8 Å². The lowest BCUT2D eigenvalue weighted by Gasteiger charge is -2.11. The van der Waals surface area contributed by atoms with Gasteiger partial charge in [0.2, 0.25) is 0 Å². The topological polar surface area (TPSA) is 4.93 Å². The van der Waals surface area contributed by atoms with Crippen molar-refractivity contribution in [3.05, 3.63) is 83.9 Å². The SMILES string of the molecule is CCC(C)c1ccc(Cn2c3ccccc3c3ccccc32)cc1. The second kappa shape index (κ2) is 6.16. The molecule has 0 N–H and O–H groups in total. The van der Waals surface area contributed by atoms with Crippen LogP contribution in [-0.2, 0) is 6.54 Å². The summed E-state index contributed by atoms with van der Waals surface area (Å²) in [7, 11) is 0. The summed E-state index contributed by atoms with van der Waals surface area (Å²) in [5, 5.41) is 2.67. The van der Waals surface area contributed by atoms with E-state index in [1.54, 1.807) is 0 Å². The molecule has 1 unspecified atom stereocenters. The molecule has 0 amide bonds. The lowest BCUT2D eigenvalue weighted by molar-refractivity contribution is 0.732. The molecule has 120 valence electrons. The molecule has 1 aromatic heterocycles. The van der Waals surface area contributed by atoms with Crippen molar-refractivity contribution < 1.29 is 0 Å². The predicted molar refractivity (Wildman–Crippen MR) is 104 cm³/mol. The summed E-state index contributed by atoms with van der Waals surface area (Å²) < 4.78 is 2.43. The van der Waals surface area contributed by atoms with Gasteiger partial charge < -0.3 is 4.57 Å². The zero-order chi connectivity index (χ0) is 16.5. The maximum atomic E-state index is 2.43. The first kappa shape index (κ1) is 15.0. The van der Waals surface area contributed by atoms with Gasteiger partial charge in [-0.2, -0.15) is 0 Å². The Hall–Kier alpha value is -2.54. The molecule has 1 atom stereocenters. The van der Waals surface area contributed by atoms with Crippen LogP contribution in [0.4, 0.5) is 0 Å². The van der Waals surface area contributed by atoms with Gasteiger partial charge in [0.1, 0.15) is 0 Å². The van der Waals surface area contributed by atoms with E-state index in [4.69, 9.17) is 0 Å². The number of benzene rings is 3. The zero-order valence-electron chi connectivity index (χ0n) is 14.4. The summed E-state index contributed by atoms with van der Waals surface area (Å²) >= 11 is 0. The number of aromatic nitrogens is 1. The highest BCUT2D eigenvalue weighted by atomic mass is 15.0. The number of rotatable bonds is 4. The van der Waals surface area contributed by atoms with Crippen LogP contribution >= 0.6 is 0 Å². The molecule has 0 fully saturated rings. The maximum Gasteiger partial charge on any atom is 0.0494 e. The van der Waals surface area contributed by atoms with E-state index in [0.29, 0.717) is 5.92 Å². The van der Waals surface area contributed by atoms with Gasteiger partial charge in [0.15, 0.2) is 0 Å². The third-order valence-electron chi connectivity index (χ3n) is 5.18. The third kappa shape index (κ3) is 2.50. The number of hydrogen-bond donors (Lipinski definition) is 0. The average molecular weight is 313 g/mol. The van der Waals surface area contributed by atoms with Crippen LogP contribution in [0.2, 0.25) is 0 Å². The van der Waals surface area contributed by atoms with Crippen molar-refractivity contribution in [2.45, 2.75) is 32.7 Å². The molecule has 1 heteroatoms. The van der Waals surface area contributed by atoms with E-state index < -0.39 is 0 Å². The minimum absolute atomic E-state index is 0.632. The van der Waals surface area contributed by atoms with E-state index in [9.17, 15) is 0 Å². The molecule has 0 aliphatic rings. The standard InChI is InChI=1S/C23H23N/c1-3-17(2)19-14-12-18(13-15-19)16-24-22-10-6-4-8-20(22)21-9-5-7-11-23(21)24/h4-15,17H,3,16H2,1-2H3. The fourth-order valence-corrected chi connectivity index (χ4v) is 3.54. The first-order valence-corrected chi connectivity index (χ1v) is 8.82. The Labute approximate surface area is 143 Å². The fourth-order valence-electron chi connectivity index (χ4n) is 3.54. The van der Waals surface area contributed by atoms with Crippen LogP contribution in [0.5, 0.6) is 0 Å². The third-order valence-corrected chi connectivity index (χ3v) is 5.18. The van der Waals surface area contributed by atoms with Gasteiger partial charge in [-0.1, -0.05) is 74.5 Å². The Morgan fingerprint density at radius 1 is 0.750 bits per heavy atom. The van der Waals surface area contributed by atoms with Gasteiger partial charge in [0.05, 0.1) is 0 Å². The summed E-state index contributed by atoms with van der Waals surface area (Å²) in [4.78, 5) is 0. The Balaban J connectivity index is 1.78. The quantitative estimate of drug-likeness (QED) is 0.413. The Morgan fingerprint density at radius 3 is 1.83 bits per heavy atom. The van der Waals surface area contributed by atoms with Crippen molar-refractivity contribution in [1.29, 1.82) is 0 Å². The summed E-state index contributed by atoms with van der Waals surface area (Å²) in [6.45, 7) is 5.45. The smallest absolute Gasteiger partial charge is 0.0494 e. The molecule has 0 aliphatic heterocycles. The summed E-state index contributed by atoms with van der Waals surface area (Å²) in [6.07, 6.45) is 1.19. The monoisotopic (exact) mass is 313 g/mol. The highest BCUT2D eigenvalue weighted by Crippen LogP contribution is 2.29.